The number of alkyl halides is 3. The number of hydrogen-bond donors (Lipinski definition) is 2. The molecule has 3 heterocycles. The third-order valence-corrected chi connectivity index (χ3v) is 6.60. The summed E-state index contributed by atoms with van der Waals surface area (Å²) in [5, 5.41) is 13.0. The first-order chi connectivity index (χ1) is 15.2. The molecule has 174 valence electrons. The van der Waals surface area contributed by atoms with Crippen LogP contribution in [0.2, 0.25) is 0 Å². The molecule has 0 unspecified atom stereocenters. The van der Waals surface area contributed by atoms with Crippen LogP contribution < -0.4 is 10.1 Å². The van der Waals surface area contributed by atoms with Gasteiger partial charge in [-0.15, -0.1) is 11.3 Å². The molecule has 8 nitrogen and oxygen atoms in total. The summed E-state index contributed by atoms with van der Waals surface area (Å²) in [7, 11) is 1.39. The number of nitrogens with one attached hydrogen (secondary N) is 1. The van der Waals surface area contributed by atoms with Crippen molar-refractivity contribution in [2.45, 2.75) is 50.2 Å². The van der Waals surface area contributed by atoms with Crippen molar-refractivity contribution in [1.29, 1.82) is 0 Å². The molecule has 4 rings (SSSR count). The minimum absolute atomic E-state index is 0.0529. The Hall–Kier alpha value is -2.60. The van der Waals surface area contributed by atoms with E-state index in [1.165, 1.54) is 17.3 Å². The van der Waals surface area contributed by atoms with Gasteiger partial charge in [0.1, 0.15) is 12.2 Å². The number of amides is 2. The van der Waals surface area contributed by atoms with Gasteiger partial charge in [-0.05, 0) is 0 Å². The Bertz CT molecular complexity index is 1010. The van der Waals surface area contributed by atoms with Gasteiger partial charge in [-0.1, -0.05) is 0 Å². The van der Waals surface area contributed by atoms with E-state index < -0.39 is 35.9 Å². The van der Waals surface area contributed by atoms with E-state index >= 15 is 0 Å². The topological polar surface area (TPSA) is 101 Å². The zero-order valence-corrected chi connectivity index (χ0v) is 18.0. The van der Waals surface area contributed by atoms with Gasteiger partial charge in [0.2, 0.25) is 5.88 Å². The molecule has 1 aliphatic carbocycles. The standard InChI is InChI=1S/C20H22F3N3O5S/c1-24-18(28)13-9-32-17-14(20(21,22)23)8-15(25-16(13)17)30-11-2-4-26(5-3-11)19(29)31-12-6-10(27)7-12/h8-12,27H,2-7H2,1H3,(H,24,28). The lowest BCUT2D eigenvalue weighted by Gasteiger charge is -2.35. The Morgan fingerprint density at radius 3 is 2.53 bits per heavy atom. The van der Waals surface area contributed by atoms with Crippen LogP contribution in [0.5, 0.6) is 5.88 Å². The van der Waals surface area contributed by atoms with Crippen molar-refractivity contribution in [2.24, 2.45) is 0 Å². The Kier molecular flexibility index (Phi) is 6.17. The van der Waals surface area contributed by atoms with Gasteiger partial charge in [0.05, 0.1) is 27.4 Å². The number of pyridine rings is 1. The van der Waals surface area contributed by atoms with E-state index in [1.54, 1.807) is 0 Å². The molecule has 2 fully saturated rings. The number of rotatable bonds is 4. The number of thiophene rings is 1. The highest BCUT2D eigenvalue weighted by Crippen LogP contribution is 2.40. The highest BCUT2D eigenvalue weighted by molar-refractivity contribution is 7.17. The van der Waals surface area contributed by atoms with Crippen molar-refractivity contribution >= 4 is 33.6 Å². The number of halogens is 3. The number of aliphatic hydroxyl groups excluding tert-OH is 1. The number of fused-ring (bicyclic) bond motifs is 1. The van der Waals surface area contributed by atoms with Crippen LogP contribution in [0.25, 0.3) is 10.2 Å². The lowest BCUT2D eigenvalue weighted by molar-refractivity contribution is -0.136. The fourth-order valence-electron chi connectivity index (χ4n) is 3.73. The quantitative estimate of drug-likeness (QED) is 0.708. The molecule has 1 saturated carbocycles. The summed E-state index contributed by atoms with van der Waals surface area (Å²) in [6.07, 6.45) is -4.57. The first-order valence-corrected chi connectivity index (χ1v) is 11.1. The predicted octanol–water partition coefficient (Wildman–Crippen LogP) is 3.18. The summed E-state index contributed by atoms with van der Waals surface area (Å²) < 4.78 is 51.8. The van der Waals surface area contributed by atoms with Gasteiger partial charge in [0.25, 0.3) is 5.91 Å². The number of ether oxygens (including phenoxy) is 2. The second-order valence-electron chi connectivity index (χ2n) is 7.85. The minimum Gasteiger partial charge on any atom is -0.474 e. The Morgan fingerprint density at radius 1 is 1.25 bits per heavy atom. The monoisotopic (exact) mass is 473 g/mol. The average Bonchev–Trinajstić information content (AvgIpc) is 3.15. The molecule has 2 N–H and O–H groups in total. The molecular weight excluding hydrogens is 451 g/mol. The maximum atomic E-state index is 13.6. The van der Waals surface area contributed by atoms with E-state index in [9.17, 15) is 27.9 Å². The smallest absolute Gasteiger partial charge is 0.418 e. The summed E-state index contributed by atoms with van der Waals surface area (Å²) in [4.78, 5) is 29.9. The Labute approximate surface area is 185 Å². The molecule has 32 heavy (non-hydrogen) atoms. The number of likely N-dealkylation sites (tertiary alicyclic amines) is 1. The van der Waals surface area contributed by atoms with Gasteiger partial charge in [-0.2, -0.15) is 13.2 Å². The molecular formula is C20H22F3N3O5S. The van der Waals surface area contributed by atoms with Crippen LogP contribution in [-0.2, 0) is 10.9 Å². The van der Waals surface area contributed by atoms with Crippen molar-refractivity contribution in [3.63, 3.8) is 0 Å². The van der Waals surface area contributed by atoms with Crippen LogP contribution in [0.15, 0.2) is 11.4 Å². The van der Waals surface area contributed by atoms with Gasteiger partial charge >= 0.3 is 12.3 Å². The molecule has 2 aromatic heterocycles. The van der Waals surface area contributed by atoms with E-state index in [2.05, 4.69) is 10.3 Å². The minimum atomic E-state index is -4.63. The molecule has 0 spiro atoms. The van der Waals surface area contributed by atoms with Crippen LogP contribution >= 0.6 is 11.3 Å². The zero-order valence-electron chi connectivity index (χ0n) is 17.1. The second kappa shape index (κ2) is 8.74. The van der Waals surface area contributed by atoms with Crippen LogP contribution in [0, 0.1) is 0 Å². The number of carbonyl (C=O) groups excluding carboxylic acids is 2. The number of carbonyl (C=O) groups is 2. The summed E-state index contributed by atoms with van der Waals surface area (Å²) in [6.45, 7) is 0.657. The molecule has 12 heteroatoms. The number of piperidine rings is 1. The van der Waals surface area contributed by atoms with E-state index in [0.717, 1.165) is 17.4 Å². The average molecular weight is 473 g/mol. The zero-order chi connectivity index (χ0) is 23.0. The lowest BCUT2D eigenvalue weighted by atomic mass is 9.92. The summed E-state index contributed by atoms with van der Waals surface area (Å²) in [5.74, 6) is -0.738. The van der Waals surface area contributed by atoms with Gasteiger partial charge in [0, 0.05) is 57.3 Å². The molecule has 0 atom stereocenters. The molecule has 2 amide bonds. The molecule has 0 bridgehead atoms. The first kappa shape index (κ1) is 22.6. The third kappa shape index (κ3) is 4.60. The van der Waals surface area contributed by atoms with Gasteiger partial charge in [-0.25, -0.2) is 9.78 Å². The number of hydrogen-bond acceptors (Lipinski definition) is 7. The normalized spacial score (nSPS) is 21.8. The fraction of sp³-hybridized carbons (Fsp3) is 0.550. The summed E-state index contributed by atoms with van der Waals surface area (Å²) >= 11 is 0.808. The number of nitrogens with zero attached hydrogens (tertiary/aromatic N) is 2. The highest BCUT2D eigenvalue weighted by atomic mass is 32.1. The number of aliphatic hydroxyl groups is 1. The van der Waals surface area contributed by atoms with Gasteiger partial charge in [0.15, 0.2) is 0 Å². The first-order valence-electron chi connectivity index (χ1n) is 10.2. The molecule has 2 aliphatic rings. The van der Waals surface area contributed by atoms with Crippen molar-refractivity contribution in [2.75, 3.05) is 20.1 Å². The summed E-state index contributed by atoms with van der Waals surface area (Å²) in [5.41, 5.74) is -0.897. The van der Waals surface area contributed by atoms with E-state index in [4.69, 9.17) is 9.47 Å². The van der Waals surface area contributed by atoms with Crippen LogP contribution in [0.1, 0.15) is 41.6 Å². The third-order valence-electron chi connectivity index (χ3n) is 5.60. The van der Waals surface area contributed by atoms with Crippen LogP contribution in [-0.4, -0.2) is 65.4 Å². The summed E-state index contributed by atoms with van der Waals surface area (Å²) in [6, 6.07) is 0.856. The van der Waals surface area contributed by atoms with Crippen molar-refractivity contribution in [3.05, 3.63) is 22.6 Å². The van der Waals surface area contributed by atoms with E-state index in [1.807, 2.05) is 0 Å². The van der Waals surface area contributed by atoms with Gasteiger partial charge in [-0.3, -0.25) is 4.79 Å². The van der Waals surface area contributed by atoms with E-state index in [-0.39, 0.29) is 27.8 Å². The van der Waals surface area contributed by atoms with Gasteiger partial charge < -0.3 is 24.8 Å². The van der Waals surface area contributed by atoms with Crippen LogP contribution in [0.3, 0.4) is 0 Å². The van der Waals surface area contributed by atoms with Crippen molar-refractivity contribution in [1.82, 2.24) is 15.2 Å². The van der Waals surface area contributed by atoms with Crippen molar-refractivity contribution in [3.8, 4) is 5.88 Å². The molecule has 1 aliphatic heterocycles. The fourth-order valence-corrected chi connectivity index (χ4v) is 4.75. The second-order valence-corrected chi connectivity index (χ2v) is 8.73. The van der Waals surface area contributed by atoms with Crippen molar-refractivity contribution < 1.29 is 37.3 Å². The Balaban J connectivity index is 1.46. The highest BCUT2D eigenvalue weighted by Gasteiger charge is 2.36. The lowest BCUT2D eigenvalue weighted by Crippen LogP contribution is -2.45. The predicted molar refractivity (Wildman–Crippen MR) is 109 cm³/mol. The molecule has 2 aromatic rings. The number of aromatic nitrogens is 1. The van der Waals surface area contributed by atoms with E-state index in [0.29, 0.717) is 38.8 Å². The largest absolute Gasteiger partial charge is 0.474 e. The molecule has 0 aromatic carbocycles. The van der Waals surface area contributed by atoms with Crippen LogP contribution in [0.4, 0.5) is 18.0 Å². The Morgan fingerprint density at radius 2 is 1.94 bits per heavy atom. The SMILES string of the molecule is CNC(=O)c1csc2c(C(F)(F)F)cc(OC3CCN(C(=O)OC4CC(O)C4)CC3)nc12. The molecule has 0 radical (unpaired) electrons. The maximum absolute atomic E-state index is 13.6. The molecule has 1 saturated heterocycles. The maximum Gasteiger partial charge on any atom is 0.418 e.